The molecular weight excluding hydrogens is 575 g/mol. The number of ether oxygens (including phenoxy) is 4. The van der Waals surface area contributed by atoms with Gasteiger partial charge in [0.2, 0.25) is 5.75 Å². The lowest BCUT2D eigenvalue weighted by molar-refractivity contribution is -0.119. The molecule has 0 aliphatic carbocycles. The fourth-order valence-electron chi connectivity index (χ4n) is 3.69. The summed E-state index contributed by atoms with van der Waals surface area (Å²) >= 11 is 2.15. The molecule has 0 aliphatic rings. The summed E-state index contributed by atoms with van der Waals surface area (Å²) in [5.74, 6) is 0.285. The Morgan fingerprint density at radius 2 is 1.61 bits per heavy atom. The maximum atomic E-state index is 13.1. The van der Waals surface area contributed by atoms with E-state index in [1.807, 2.05) is 30.3 Å². The second kappa shape index (κ2) is 11.3. The number of hydrogen-bond acceptors (Lipinski definition) is 7. The van der Waals surface area contributed by atoms with Crippen LogP contribution in [0.2, 0.25) is 0 Å². The number of nitrogens with zero attached hydrogens (tertiary/aromatic N) is 1. The Morgan fingerprint density at radius 1 is 0.889 bits per heavy atom. The summed E-state index contributed by atoms with van der Waals surface area (Å²) < 4.78 is 22.7. The van der Waals surface area contributed by atoms with Gasteiger partial charge in [-0.1, -0.05) is 24.3 Å². The lowest BCUT2D eigenvalue weighted by atomic mass is 10.0. The minimum Gasteiger partial charge on any atom is -0.493 e. The number of nitrogens with one attached hydrogen (secondary N) is 1. The molecule has 8 nitrogen and oxygen atoms in total. The monoisotopic (exact) mass is 598 g/mol. The van der Waals surface area contributed by atoms with Gasteiger partial charge in [0.05, 0.1) is 38.1 Å². The number of anilines is 1. The number of rotatable bonds is 8. The van der Waals surface area contributed by atoms with Crippen molar-refractivity contribution in [2.24, 2.45) is 0 Å². The van der Waals surface area contributed by atoms with Gasteiger partial charge in [0.1, 0.15) is 0 Å². The van der Waals surface area contributed by atoms with Crippen molar-refractivity contribution in [1.82, 2.24) is 4.98 Å². The highest BCUT2D eigenvalue weighted by atomic mass is 127. The van der Waals surface area contributed by atoms with Gasteiger partial charge in [-0.05, 0) is 65.1 Å². The number of hydrogen-bond donors (Lipinski definition) is 1. The molecule has 1 heterocycles. The predicted molar refractivity (Wildman–Crippen MR) is 145 cm³/mol. The smallest absolute Gasteiger partial charge is 0.339 e. The number of methoxy groups -OCH3 is 3. The first-order valence-corrected chi connectivity index (χ1v) is 11.9. The topological polar surface area (TPSA) is 96.0 Å². The molecule has 0 saturated carbocycles. The highest BCUT2D eigenvalue weighted by molar-refractivity contribution is 14.1. The van der Waals surface area contributed by atoms with E-state index < -0.39 is 18.5 Å². The van der Waals surface area contributed by atoms with Gasteiger partial charge in [0.15, 0.2) is 18.1 Å². The Morgan fingerprint density at radius 3 is 2.28 bits per heavy atom. The number of esters is 1. The minimum atomic E-state index is -0.639. The number of carbonyl (C=O) groups is 2. The zero-order valence-corrected chi connectivity index (χ0v) is 22.0. The summed E-state index contributed by atoms with van der Waals surface area (Å²) in [5.41, 5.74) is 2.66. The molecule has 0 fully saturated rings. The fraction of sp³-hybridized carbons (Fsp3) is 0.148. The summed E-state index contributed by atoms with van der Waals surface area (Å²) in [6.07, 6.45) is 0. The van der Waals surface area contributed by atoms with Gasteiger partial charge < -0.3 is 24.3 Å². The number of fused-ring (bicyclic) bond motifs is 1. The first-order chi connectivity index (χ1) is 17.4. The maximum Gasteiger partial charge on any atom is 0.339 e. The van der Waals surface area contributed by atoms with Gasteiger partial charge in [0.25, 0.3) is 5.91 Å². The molecule has 4 aromatic rings. The fourth-order valence-corrected chi connectivity index (χ4v) is 4.24. The Kier molecular flexibility index (Phi) is 7.89. The van der Waals surface area contributed by atoms with Crippen LogP contribution in [0.4, 0.5) is 5.69 Å². The second-order valence-corrected chi connectivity index (χ2v) is 8.87. The van der Waals surface area contributed by atoms with E-state index in [-0.39, 0.29) is 5.56 Å². The van der Waals surface area contributed by atoms with Gasteiger partial charge in [-0.25, -0.2) is 9.78 Å². The Labute approximate surface area is 221 Å². The molecule has 9 heteroatoms. The lowest BCUT2D eigenvalue weighted by Gasteiger charge is -2.15. The molecule has 0 aliphatic heterocycles. The van der Waals surface area contributed by atoms with E-state index in [0.717, 1.165) is 3.57 Å². The number of aromatic nitrogens is 1. The van der Waals surface area contributed by atoms with E-state index in [4.69, 9.17) is 23.9 Å². The quantitative estimate of drug-likeness (QED) is 0.217. The first kappa shape index (κ1) is 25.2. The molecule has 36 heavy (non-hydrogen) atoms. The Balaban J connectivity index is 1.65. The first-order valence-electron chi connectivity index (χ1n) is 10.9. The normalized spacial score (nSPS) is 10.6. The van der Waals surface area contributed by atoms with Crippen molar-refractivity contribution in [2.75, 3.05) is 33.3 Å². The minimum absolute atomic E-state index is 0.284. The van der Waals surface area contributed by atoms with Crippen LogP contribution in [0.3, 0.4) is 0 Å². The molecule has 3 aromatic carbocycles. The molecule has 1 N–H and O–H groups in total. The van der Waals surface area contributed by atoms with Crippen molar-refractivity contribution in [3.63, 3.8) is 0 Å². The molecule has 0 spiro atoms. The van der Waals surface area contributed by atoms with Crippen molar-refractivity contribution in [3.05, 3.63) is 75.9 Å². The van der Waals surface area contributed by atoms with Crippen molar-refractivity contribution in [2.45, 2.75) is 0 Å². The number of amides is 1. The number of para-hydroxylation sites is 1. The van der Waals surface area contributed by atoms with Crippen molar-refractivity contribution in [3.8, 4) is 28.5 Å². The van der Waals surface area contributed by atoms with Crippen LogP contribution in [0, 0.1) is 3.57 Å². The molecule has 4 rings (SSSR count). The third-order valence-corrected chi connectivity index (χ3v) is 6.01. The summed E-state index contributed by atoms with van der Waals surface area (Å²) in [5, 5.41) is 3.34. The summed E-state index contributed by atoms with van der Waals surface area (Å²) in [7, 11) is 4.58. The van der Waals surface area contributed by atoms with E-state index in [1.54, 1.807) is 36.4 Å². The Bertz CT molecular complexity index is 1410. The number of benzene rings is 3. The van der Waals surface area contributed by atoms with Crippen LogP contribution < -0.4 is 19.5 Å². The summed E-state index contributed by atoms with van der Waals surface area (Å²) in [6.45, 7) is -0.430. The molecule has 0 atom stereocenters. The number of carbonyl (C=O) groups excluding carboxylic acids is 2. The lowest BCUT2D eigenvalue weighted by Crippen LogP contribution is -2.21. The van der Waals surface area contributed by atoms with Crippen LogP contribution in [-0.2, 0) is 9.53 Å². The van der Waals surface area contributed by atoms with Crippen LogP contribution in [0.25, 0.3) is 22.2 Å². The van der Waals surface area contributed by atoms with Crippen molar-refractivity contribution < 1.29 is 28.5 Å². The van der Waals surface area contributed by atoms with E-state index in [0.29, 0.717) is 45.1 Å². The summed E-state index contributed by atoms with van der Waals surface area (Å²) in [4.78, 5) is 30.2. The van der Waals surface area contributed by atoms with Crippen LogP contribution in [-0.4, -0.2) is 44.8 Å². The summed E-state index contributed by atoms with van der Waals surface area (Å²) in [6, 6.07) is 19.7. The third-order valence-electron chi connectivity index (χ3n) is 5.34. The van der Waals surface area contributed by atoms with Gasteiger partial charge in [-0.3, -0.25) is 4.79 Å². The highest BCUT2D eigenvalue weighted by Crippen LogP contribution is 2.41. The highest BCUT2D eigenvalue weighted by Gasteiger charge is 2.19. The van der Waals surface area contributed by atoms with Crippen LogP contribution in [0.15, 0.2) is 66.7 Å². The zero-order valence-electron chi connectivity index (χ0n) is 19.8. The number of pyridine rings is 1. The molecule has 0 saturated heterocycles. The number of halogens is 1. The average molecular weight is 598 g/mol. The molecule has 1 amide bonds. The largest absolute Gasteiger partial charge is 0.493 e. The van der Waals surface area contributed by atoms with Crippen LogP contribution in [0.5, 0.6) is 17.2 Å². The molecule has 0 unspecified atom stereocenters. The molecule has 0 radical (unpaired) electrons. The molecule has 0 bridgehead atoms. The zero-order chi connectivity index (χ0) is 25.7. The van der Waals surface area contributed by atoms with E-state index >= 15 is 0 Å². The molecular formula is C27H23IN2O6. The van der Waals surface area contributed by atoms with Crippen molar-refractivity contribution in [1.29, 1.82) is 0 Å². The Hall–Kier alpha value is -3.86. The van der Waals surface area contributed by atoms with Crippen molar-refractivity contribution >= 4 is 51.1 Å². The van der Waals surface area contributed by atoms with Gasteiger partial charge in [0, 0.05) is 20.2 Å². The maximum absolute atomic E-state index is 13.1. The van der Waals surface area contributed by atoms with E-state index in [1.165, 1.54) is 21.3 Å². The second-order valence-electron chi connectivity index (χ2n) is 7.62. The predicted octanol–water partition coefficient (Wildman–Crippen LogP) is 5.33. The average Bonchev–Trinajstić information content (AvgIpc) is 2.90. The van der Waals surface area contributed by atoms with Gasteiger partial charge >= 0.3 is 5.97 Å². The van der Waals surface area contributed by atoms with Crippen LogP contribution in [0.1, 0.15) is 10.4 Å². The van der Waals surface area contributed by atoms with E-state index in [2.05, 4.69) is 27.9 Å². The van der Waals surface area contributed by atoms with E-state index in [9.17, 15) is 9.59 Å². The SMILES string of the molecule is COc1cc(-c2cc(C(=O)OCC(=O)Nc3cccc(I)c3)c3ccccc3n2)cc(OC)c1OC. The van der Waals surface area contributed by atoms with Gasteiger partial charge in [-0.15, -0.1) is 0 Å². The third kappa shape index (κ3) is 5.51. The van der Waals surface area contributed by atoms with Gasteiger partial charge in [-0.2, -0.15) is 0 Å². The molecule has 1 aromatic heterocycles. The standard InChI is InChI=1S/C27H23IN2O6/c1-33-23-11-16(12-24(34-2)26(23)35-3)22-14-20(19-9-4-5-10-21(19)30-22)27(32)36-15-25(31)29-18-8-6-7-17(28)13-18/h4-14H,15H2,1-3H3,(H,29,31). The molecule has 184 valence electrons. The van der Waals surface area contributed by atoms with Crippen LogP contribution >= 0.6 is 22.6 Å².